The molecular formula is C14H12FNO3. The number of aromatic hydroxyl groups is 1. The van der Waals surface area contributed by atoms with Gasteiger partial charge in [0.2, 0.25) is 0 Å². The summed E-state index contributed by atoms with van der Waals surface area (Å²) in [5, 5.41) is 9.87. The molecule has 1 aromatic carbocycles. The minimum Gasteiger partial charge on any atom is -0.507 e. The van der Waals surface area contributed by atoms with Gasteiger partial charge < -0.3 is 9.84 Å². The summed E-state index contributed by atoms with van der Waals surface area (Å²) >= 11 is 0. The summed E-state index contributed by atoms with van der Waals surface area (Å²) in [5.74, 6) is -1.57. The Hall–Kier alpha value is -2.43. The van der Waals surface area contributed by atoms with Crippen LogP contribution in [0.5, 0.6) is 5.75 Å². The number of nitrogens with zero attached hydrogens (tertiary/aromatic N) is 1. The van der Waals surface area contributed by atoms with Gasteiger partial charge in [-0.2, -0.15) is 0 Å². The lowest BCUT2D eigenvalue weighted by molar-refractivity contribution is 0.0598. The number of aromatic nitrogens is 1. The number of ether oxygens (including phenoxy) is 1. The topological polar surface area (TPSA) is 59.4 Å². The number of hydrogen-bond acceptors (Lipinski definition) is 4. The molecule has 0 aliphatic carbocycles. The molecule has 0 radical (unpaired) electrons. The predicted octanol–water partition coefficient (Wildman–Crippen LogP) is 2.69. The summed E-state index contributed by atoms with van der Waals surface area (Å²) in [5.41, 5.74) is 0.806. The second-order valence-corrected chi connectivity index (χ2v) is 4.03. The van der Waals surface area contributed by atoms with E-state index in [-0.39, 0.29) is 22.6 Å². The van der Waals surface area contributed by atoms with E-state index in [2.05, 4.69) is 9.72 Å². The highest BCUT2D eigenvalue weighted by Crippen LogP contribution is 2.32. The zero-order valence-corrected chi connectivity index (χ0v) is 10.5. The Kier molecular flexibility index (Phi) is 3.46. The van der Waals surface area contributed by atoms with Crippen LogP contribution >= 0.6 is 0 Å². The fourth-order valence-electron chi connectivity index (χ4n) is 1.85. The molecule has 19 heavy (non-hydrogen) atoms. The van der Waals surface area contributed by atoms with E-state index in [1.54, 1.807) is 13.0 Å². The molecule has 0 saturated heterocycles. The summed E-state index contributed by atoms with van der Waals surface area (Å²) in [6, 6.07) is 5.68. The number of pyridine rings is 1. The molecule has 0 aliphatic heterocycles. The number of methoxy groups -OCH3 is 1. The normalized spacial score (nSPS) is 10.3. The maximum Gasteiger partial charge on any atom is 0.342 e. The monoisotopic (exact) mass is 261 g/mol. The van der Waals surface area contributed by atoms with Gasteiger partial charge in [-0.05, 0) is 36.8 Å². The molecular weight excluding hydrogens is 249 g/mol. The number of halogens is 1. The molecule has 0 bridgehead atoms. The lowest BCUT2D eigenvalue weighted by Crippen LogP contribution is -2.06. The Balaban J connectivity index is 2.75. The third-order valence-corrected chi connectivity index (χ3v) is 2.66. The summed E-state index contributed by atoms with van der Waals surface area (Å²) in [7, 11) is 1.19. The van der Waals surface area contributed by atoms with E-state index in [0.717, 1.165) is 0 Å². The van der Waals surface area contributed by atoms with Crippen LogP contribution in [0.25, 0.3) is 11.3 Å². The summed E-state index contributed by atoms with van der Waals surface area (Å²) in [4.78, 5) is 15.6. The Bertz CT molecular complexity index is 641. The van der Waals surface area contributed by atoms with E-state index in [4.69, 9.17) is 0 Å². The van der Waals surface area contributed by atoms with Gasteiger partial charge in [-0.25, -0.2) is 9.18 Å². The number of hydrogen-bond donors (Lipinski definition) is 1. The smallest absolute Gasteiger partial charge is 0.342 e. The Labute approximate surface area is 109 Å². The minimum atomic E-state index is -0.738. The zero-order chi connectivity index (χ0) is 14.0. The van der Waals surface area contributed by atoms with Crippen molar-refractivity contribution in [3.63, 3.8) is 0 Å². The van der Waals surface area contributed by atoms with E-state index in [0.29, 0.717) is 5.56 Å². The largest absolute Gasteiger partial charge is 0.507 e. The van der Waals surface area contributed by atoms with Gasteiger partial charge in [-0.15, -0.1) is 0 Å². The number of rotatable bonds is 2. The Morgan fingerprint density at radius 3 is 2.79 bits per heavy atom. The van der Waals surface area contributed by atoms with Gasteiger partial charge in [-0.1, -0.05) is 0 Å². The molecule has 4 nitrogen and oxygen atoms in total. The molecule has 1 heterocycles. The molecule has 1 aromatic heterocycles. The number of carbonyl (C=O) groups excluding carboxylic acids is 1. The quantitative estimate of drug-likeness (QED) is 0.844. The van der Waals surface area contributed by atoms with Crippen LogP contribution in [0.4, 0.5) is 4.39 Å². The highest BCUT2D eigenvalue weighted by atomic mass is 19.1. The SMILES string of the molecule is COC(=O)c1c(O)cc(C)cc1-c1ncccc1F. The molecule has 0 atom stereocenters. The fraction of sp³-hybridized carbons (Fsp3) is 0.143. The molecule has 2 rings (SSSR count). The maximum absolute atomic E-state index is 13.8. The standard InChI is InChI=1S/C14H12FNO3/c1-8-6-9(13-10(15)4-3-5-16-13)12(11(17)7-8)14(18)19-2/h3-7,17H,1-2H3. The molecule has 0 spiro atoms. The van der Waals surface area contributed by atoms with E-state index in [1.807, 2.05) is 0 Å². The molecule has 98 valence electrons. The molecule has 5 heteroatoms. The van der Waals surface area contributed by atoms with Crippen LogP contribution in [0.3, 0.4) is 0 Å². The Morgan fingerprint density at radius 1 is 1.42 bits per heavy atom. The van der Waals surface area contributed by atoms with Crippen molar-refractivity contribution in [3.05, 3.63) is 47.4 Å². The van der Waals surface area contributed by atoms with Gasteiger partial charge in [-0.3, -0.25) is 4.98 Å². The van der Waals surface area contributed by atoms with Gasteiger partial charge >= 0.3 is 5.97 Å². The number of phenols is 1. The molecule has 2 aromatic rings. The van der Waals surface area contributed by atoms with E-state index < -0.39 is 11.8 Å². The third-order valence-electron chi connectivity index (χ3n) is 2.66. The van der Waals surface area contributed by atoms with E-state index in [1.165, 1.54) is 31.5 Å². The average molecular weight is 261 g/mol. The van der Waals surface area contributed by atoms with Gasteiger partial charge in [0.25, 0.3) is 0 Å². The molecule has 0 saturated carbocycles. The lowest BCUT2D eigenvalue weighted by atomic mass is 9.99. The lowest BCUT2D eigenvalue weighted by Gasteiger charge is -2.11. The van der Waals surface area contributed by atoms with Crippen molar-refractivity contribution in [2.45, 2.75) is 6.92 Å². The second-order valence-electron chi connectivity index (χ2n) is 4.03. The molecule has 0 amide bonds. The van der Waals surface area contributed by atoms with Crippen LogP contribution in [-0.2, 0) is 4.74 Å². The van der Waals surface area contributed by atoms with Crippen LogP contribution in [0, 0.1) is 12.7 Å². The van der Waals surface area contributed by atoms with Crippen LogP contribution in [-0.4, -0.2) is 23.2 Å². The number of carbonyl (C=O) groups is 1. The van der Waals surface area contributed by atoms with Gasteiger partial charge in [0, 0.05) is 11.8 Å². The number of phenolic OH excluding ortho intramolecular Hbond substituents is 1. The number of esters is 1. The van der Waals surface area contributed by atoms with Gasteiger partial charge in [0.05, 0.1) is 7.11 Å². The fourth-order valence-corrected chi connectivity index (χ4v) is 1.85. The summed E-state index contributed by atoms with van der Waals surface area (Å²) in [6.45, 7) is 1.73. The van der Waals surface area contributed by atoms with Crippen molar-refractivity contribution < 1.29 is 19.0 Å². The first-order valence-corrected chi connectivity index (χ1v) is 5.57. The van der Waals surface area contributed by atoms with Crippen LogP contribution in [0.15, 0.2) is 30.5 Å². The first-order valence-electron chi connectivity index (χ1n) is 5.57. The van der Waals surface area contributed by atoms with Gasteiger partial charge in [0.15, 0.2) is 0 Å². The average Bonchev–Trinajstić information content (AvgIpc) is 2.37. The molecule has 0 unspecified atom stereocenters. The van der Waals surface area contributed by atoms with Crippen LogP contribution in [0.1, 0.15) is 15.9 Å². The van der Waals surface area contributed by atoms with Crippen molar-refractivity contribution in [2.24, 2.45) is 0 Å². The maximum atomic E-state index is 13.8. The first kappa shape index (κ1) is 13.0. The second kappa shape index (κ2) is 5.06. The highest BCUT2D eigenvalue weighted by molar-refractivity contribution is 5.99. The first-order chi connectivity index (χ1) is 9.04. The summed E-state index contributed by atoms with van der Waals surface area (Å²) in [6.07, 6.45) is 1.42. The minimum absolute atomic E-state index is 0.00176. The predicted molar refractivity (Wildman–Crippen MR) is 67.4 cm³/mol. The molecule has 0 aliphatic rings. The highest BCUT2D eigenvalue weighted by Gasteiger charge is 2.21. The zero-order valence-electron chi connectivity index (χ0n) is 10.5. The van der Waals surface area contributed by atoms with E-state index >= 15 is 0 Å². The Morgan fingerprint density at radius 2 is 2.16 bits per heavy atom. The van der Waals surface area contributed by atoms with Crippen molar-refractivity contribution >= 4 is 5.97 Å². The van der Waals surface area contributed by atoms with E-state index in [9.17, 15) is 14.3 Å². The van der Waals surface area contributed by atoms with Crippen molar-refractivity contribution in [2.75, 3.05) is 7.11 Å². The van der Waals surface area contributed by atoms with Crippen molar-refractivity contribution in [1.82, 2.24) is 4.98 Å². The molecule has 1 N–H and O–H groups in total. The van der Waals surface area contributed by atoms with Crippen molar-refractivity contribution in [3.8, 4) is 17.0 Å². The summed E-state index contributed by atoms with van der Waals surface area (Å²) < 4.78 is 18.4. The van der Waals surface area contributed by atoms with Gasteiger partial charge in [0.1, 0.15) is 22.8 Å². The molecule has 0 fully saturated rings. The number of aryl methyl sites for hydroxylation is 1. The number of benzene rings is 1. The van der Waals surface area contributed by atoms with Crippen LogP contribution < -0.4 is 0 Å². The third kappa shape index (κ3) is 2.40. The van der Waals surface area contributed by atoms with Crippen molar-refractivity contribution in [1.29, 1.82) is 0 Å². The van der Waals surface area contributed by atoms with Crippen LogP contribution in [0.2, 0.25) is 0 Å².